The number of anilines is 1. The van der Waals surface area contributed by atoms with Crippen LogP contribution >= 0.6 is 15.9 Å². The van der Waals surface area contributed by atoms with Gasteiger partial charge in [0.15, 0.2) is 0 Å². The third-order valence-corrected chi connectivity index (χ3v) is 4.25. The standard InChI is InChI=1S/C18H22BrNO/c1-12(2)21-16-10-8-15(9-11-16)14(4)20-18-7-5-6-17(19)13(18)3/h5-12,14,20H,1-4H3. The zero-order valence-electron chi connectivity index (χ0n) is 13.0. The number of rotatable bonds is 5. The highest BCUT2D eigenvalue weighted by Crippen LogP contribution is 2.27. The minimum atomic E-state index is 0.204. The molecule has 0 aliphatic heterocycles. The maximum absolute atomic E-state index is 5.68. The lowest BCUT2D eigenvalue weighted by Crippen LogP contribution is -2.08. The van der Waals surface area contributed by atoms with Gasteiger partial charge in [-0.05, 0) is 63.1 Å². The average molecular weight is 348 g/mol. The van der Waals surface area contributed by atoms with Crippen molar-refractivity contribution in [3.63, 3.8) is 0 Å². The highest BCUT2D eigenvalue weighted by atomic mass is 79.9. The van der Waals surface area contributed by atoms with E-state index in [9.17, 15) is 0 Å². The lowest BCUT2D eigenvalue weighted by atomic mass is 10.1. The Hall–Kier alpha value is -1.48. The number of ether oxygens (including phenoxy) is 1. The number of hydrogen-bond acceptors (Lipinski definition) is 2. The molecule has 0 aliphatic carbocycles. The second-order valence-corrected chi connectivity index (χ2v) is 6.37. The van der Waals surface area contributed by atoms with E-state index in [0.717, 1.165) is 15.9 Å². The predicted octanol–water partition coefficient (Wildman–Crippen LogP) is 5.72. The van der Waals surface area contributed by atoms with E-state index in [0.29, 0.717) is 0 Å². The summed E-state index contributed by atoms with van der Waals surface area (Å²) in [6, 6.07) is 14.7. The van der Waals surface area contributed by atoms with Crippen molar-refractivity contribution in [3.05, 3.63) is 58.1 Å². The minimum Gasteiger partial charge on any atom is -0.491 e. The van der Waals surface area contributed by atoms with Gasteiger partial charge in [0.1, 0.15) is 5.75 Å². The molecule has 2 rings (SSSR count). The Morgan fingerprint density at radius 1 is 1.00 bits per heavy atom. The van der Waals surface area contributed by atoms with E-state index >= 15 is 0 Å². The fourth-order valence-electron chi connectivity index (χ4n) is 2.19. The first-order valence-electron chi connectivity index (χ1n) is 7.25. The molecule has 0 bridgehead atoms. The Labute approximate surface area is 135 Å². The minimum absolute atomic E-state index is 0.204. The molecule has 0 radical (unpaired) electrons. The van der Waals surface area contributed by atoms with Gasteiger partial charge in [0.05, 0.1) is 6.10 Å². The smallest absolute Gasteiger partial charge is 0.119 e. The summed E-state index contributed by atoms with van der Waals surface area (Å²) in [6.45, 7) is 8.35. The molecule has 0 aliphatic rings. The van der Waals surface area contributed by atoms with Crippen LogP contribution in [-0.4, -0.2) is 6.10 Å². The Kier molecular flexibility index (Phi) is 5.29. The molecule has 1 N–H and O–H groups in total. The van der Waals surface area contributed by atoms with Crippen LogP contribution < -0.4 is 10.1 Å². The maximum atomic E-state index is 5.68. The van der Waals surface area contributed by atoms with Gasteiger partial charge >= 0.3 is 0 Å². The zero-order chi connectivity index (χ0) is 15.4. The fourth-order valence-corrected chi connectivity index (χ4v) is 2.55. The van der Waals surface area contributed by atoms with E-state index in [2.05, 4.69) is 59.4 Å². The first-order valence-corrected chi connectivity index (χ1v) is 8.05. The van der Waals surface area contributed by atoms with Gasteiger partial charge in [-0.1, -0.05) is 34.1 Å². The van der Waals surface area contributed by atoms with Gasteiger partial charge < -0.3 is 10.1 Å². The molecule has 0 aromatic heterocycles. The molecule has 0 heterocycles. The van der Waals surface area contributed by atoms with Crippen LogP contribution in [0, 0.1) is 6.92 Å². The van der Waals surface area contributed by atoms with Crippen molar-refractivity contribution in [2.75, 3.05) is 5.32 Å². The maximum Gasteiger partial charge on any atom is 0.119 e. The lowest BCUT2D eigenvalue weighted by molar-refractivity contribution is 0.242. The molecule has 112 valence electrons. The van der Waals surface area contributed by atoms with Crippen molar-refractivity contribution in [2.24, 2.45) is 0 Å². The van der Waals surface area contributed by atoms with Crippen molar-refractivity contribution >= 4 is 21.6 Å². The third kappa shape index (κ3) is 4.24. The molecule has 0 spiro atoms. The summed E-state index contributed by atoms with van der Waals surface area (Å²) in [6.07, 6.45) is 0.204. The monoisotopic (exact) mass is 347 g/mol. The second-order valence-electron chi connectivity index (χ2n) is 5.51. The first kappa shape index (κ1) is 15.9. The van der Waals surface area contributed by atoms with Crippen LogP contribution in [0.25, 0.3) is 0 Å². The van der Waals surface area contributed by atoms with E-state index < -0.39 is 0 Å². The zero-order valence-corrected chi connectivity index (χ0v) is 14.6. The molecular weight excluding hydrogens is 326 g/mol. The number of nitrogens with one attached hydrogen (secondary N) is 1. The predicted molar refractivity (Wildman–Crippen MR) is 93.1 cm³/mol. The second kappa shape index (κ2) is 6.99. The summed E-state index contributed by atoms with van der Waals surface area (Å²) in [5, 5.41) is 3.56. The van der Waals surface area contributed by atoms with Crippen molar-refractivity contribution in [2.45, 2.75) is 39.8 Å². The van der Waals surface area contributed by atoms with Gasteiger partial charge in [-0.15, -0.1) is 0 Å². The highest BCUT2D eigenvalue weighted by molar-refractivity contribution is 9.10. The Balaban J connectivity index is 2.09. The molecule has 3 heteroatoms. The Morgan fingerprint density at radius 2 is 1.67 bits per heavy atom. The molecule has 0 saturated heterocycles. The molecule has 2 nitrogen and oxygen atoms in total. The summed E-state index contributed by atoms with van der Waals surface area (Å²) >= 11 is 3.57. The van der Waals surface area contributed by atoms with Crippen LogP contribution in [0.4, 0.5) is 5.69 Å². The number of halogens is 1. The van der Waals surface area contributed by atoms with Crippen molar-refractivity contribution in [3.8, 4) is 5.75 Å². The highest BCUT2D eigenvalue weighted by Gasteiger charge is 2.08. The molecular formula is C18H22BrNO. The van der Waals surface area contributed by atoms with Crippen molar-refractivity contribution in [1.29, 1.82) is 0 Å². The van der Waals surface area contributed by atoms with Crippen LogP contribution in [0.15, 0.2) is 46.9 Å². The first-order chi connectivity index (χ1) is 9.97. The van der Waals surface area contributed by atoms with Crippen LogP contribution in [-0.2, 0) is 0 Å². The molecule has 21 heavy (non-hydrogen) atoms. The van der Waals surface area contributed by atoms with Gasteiger partial charge in [-0.2, -0.15) is 0 Å². The van der Waals surface area contributed by atoms with Crippen molar-refractivity contribution in [1.82, 2.24) is 0 Å². The van der Waals surface area contributed by atoms with Gasteiger partial charge in [0.2, 0.25) is 0 Å². The molecule has 0 fully saturated rings. The van der Waals surface area contributed by atoms with Gasteiger partial charge in [-0.3, -0.25) is 0 Å². The summed E-state index contributed by atoms with van der Waals surface area (Å²) in [7, 11) is 0. The summed E-state index contributed by atoms with van der Waals surface area (Å²) < 4.78 is 6.80. The van der Waals surface area contributed by atoms with Crippen LogP contribution in [0.2, 0.25) is 0 Å². The lowest BCUT2D eigenvalue weighted by Gasteiger charge is -2.18. The molecule has 1 unspecified atom stereocenters. The largest absolute Gasteiger partial charge is 0.491 e. The molecule has 2 aromatic rings. The van der Waals surface area contributed by atoms with E-state index in [-0.39, 0.29) is 12.1 Å². The molecule has 0 amide bonds. The van der Waals surface area contributed by atoms with Crippen LogP contribution in [0.5, 0.6) is 5.75 Å². The van der Waals surface area contributed by atoms with E-state index in [1.54, 1.807) is 0 Å². The number of hydrogen-bond donors (Lipinski definition) is 1. The Morgan fingerprint density at radius 3 is 2.29 bits per heavy atom. The normalized spacial score (nSPS) is 12.3. The summed E-state index contributed by atoms with van der Waals surface area (Å²) in [5.41, 5.74) is 3.62. The van der Waals surface area contributed by atoms with E-state index in [1.807, 2.05) is 32.0 Å². The van der Waals surface area contributed by atoms with Gasteiger partial charge in [0, 0.05) is 16.2 Å². The molecule has 1 atom stereocenters. The van der Waals surface area contributed by atoms with E-state index in [1.165, 1.54) is 11.1 Å². The quantitative estimate of drug-likeness (QED) is 0.746. The third-order valence-electron chi connectivity index (χ3n) is 3.39. The molecule has 2 aromatic carbocycles. The van der Waals surface area contributed by atoms with Gasteiger partial charge in [0.25, 0.3) is 0 Å². The van der Waals surface area contributed by atoms with Gasteiger partial charge in [-0.25, -0.2) is 0 Å². The SMILES string of the molecule is Cc1c(Br)cccc1NC(C)c1ccc(OC(C)C)cc1. The fraction of sp³-hybridized carbons (Fsp3) is 0.333. The molecule has 0 saturated carbocycles. The summed E-state index contributed by atoms with van der Waals surface area (Å²) in [4.78, 5) is 0. The topological polar surface area (TPSA) is 21.3 Å². The van der Waals surface area contributed by atoms with E-state index in [4.69, 9.17) is 4.74 Å². The summed E-state index contributed by atoms with van der Waals surface area (Å²) in [5.74, 6) is 0.916. The Bertz CT molecular complexity index is 593. The number of benzene rings is 2. The average Bonchev–Trinajstić information content (AvgIpc) is 2.44. The van der Waals surface area contributed by atoms with Crippen LogP contribution in [0.1, 0.15) is 37.9 Å². The van der Waals surface area contributed by atoms with Crippen molar-refractivity contribution < 1.29 is 4.74 Å². The van der Waals surface area contributed by atoms with Crippen LogP contribution in [0.3, 0.4) is 0 Å².